The van der Waals surface area contributed by atoms with E-state index in [1.165, 1.54) is 17.6 Å². The maximum atomic E-state index is 11.7. The third kappa shape index (κ3) is 1.80. The number of rotatable bonds is 3. The third-order valence-electron chi connectivity index (χ3n) is 3.56. The van der Waals surface area contributed by atoms with Crippen molar-refractivity contribution < 1.29 is 8.42 Å². The second kappa shape index (κ2) is 3.29. The first-order chi connectivity index (χ1) is 7.17. The van der Waals surface area contributed by atoms with Crippen LogP contribution in [-0.2, 0) is 20.0 Å². The molecule has 0 spiro atoms. The lowest BCUT2D eigenvalue weighted by molar-refractivity contribution is 0.559. The molecule has 1 aliphatic carbocycles. The van der Waals surface area contributed by atoms with Crippen molar-refractivity contribution in [3.63, 3.8) is 0 Å². The van der Waals surface area contributed by atoms with Gasteiger partial charge in [0.2, 0.25) is 0 Å². The van der Waals surface area contributed by atoms with Gasteiger partial charge in [0, 0.05) is 17.1 Å². The Morgan fingerprint density at radius 3 is 2.44 bits per heavy atom. The minimum Gasteiger partial charge on any atom is -0.244 e. The van der Waals surface area contributed by atoms with Crippen molar-refractivity contribution in [3.05, 3.63) is 16.1 Å². The second-order valence-corrected chi connectivity index (χ2v) is 8.80. The third-order valence-corrected chi connectivity index (χ3v) is 6.91. The molecule has 0 aliphatic heterocycles. The van der Waals surface area contributed by atoms with Gasteiger partial charge in [0.1, 0.15) is 9.75 Å². The molecule has 1 aromatic rings. The molecular formula is C11H17NO2S2. The maximum absolute atomic E-state index is 11.7. The first-order valence-corrected chi connectivity index (χ1v) is 8.10. The Kier molecular flexibility index (Phi) is 2.48. The van der Waals surface area contributed by atoms with Gasteiger partial charge in [-0.3, -0.25) is 0 Å². The van der Waals surface area contributed by atoms with Crippen molar-refractivity contribution >= 4 is 21.2 Å². The highest BCUT2D eigenvalue weighted by atomic mass is 32.2. The Labute approximate surface area is 101 Å². The Bertz CT molecular complexity index is 510. The predicted molar refractivity (Wildman–Crippen MR) is 66.6 cm³/mol. The van der Waals surface area contributed by atoms with Crippen molar-refractivity contribution in [2.24, 2.45) is 0 Å². The van der Waals surface area contributed by atoms with E-state index in [1.807, 2.05) is 5.38 Å². The van der Waals surface area contributed by atoms with Crippen LogP contribution in [0, 0.1) is 0 Å². The van der Waals surface area contributed by atoms with Crippen LogP contribution in [0.2, 0.25) is 0 Å². The Morgan fingerprint density at radius 1 is 1.44 bits per heavy atom. The molecule has 2 rings (SSSR count). The maximum Gasteiger partial charge on any atom is 0.159 e. The van der Waals surface area contributed by atoms with Crippen molar-refractivity contribution in [2.45, 2.75) is 43.8 Å². The lowest BCUT2D eigenvalue weighted by Gasteiger charge is -2.19. The van der Waals surface area contributed by atoms with E-state index >= 15 is 0 Å². The number of thiazole rings is 1. The lowest BCUT2D eigenvalue weighted by atomic mass is 10.1. The summed E-state index contributed by atoms with van der Waals surface area (Å²) in [6.45, 7) is 5.62. The summed E-state index contributed by atoms with van der Waals surface area (Å²) in [7, 11) is -3.12. The smallest absolute Gasteiger partial charge is 0.159 e. The van der Waals surface area contributed by atoms with E-state index in [4.69, 9.17) is 0 Å². The summed E-state index contributed by atoms with van der Waals surface area (Å²) in [6.07, 6.45) is 3.60. The number of hydrogen-bond donors (Lipinski definition) is 0. The van der Waals surface area contributed by atoms with Crippen molar-refractivity contribution in [2.75, 3.05) is 6.26 Å². The predicted octanol–water partition coefficient (Wildman–Crippen LogP) is 2.47. The molecule has 0 atom stereocenters. The summed E-state index contributed by atoms with van der Waals surface area (Å²) < 4.78 is 22.5. The van der Waals surface area contributed by atoms with Crippen LogP contribution in [0.5, 0.6) is 0 Å². The summed E-state index contributed by atoms with van der Waals surface area (Å²) >= 11 is 1.46. The lowest BCUT2D eigenvalue weighted by Crippen LogP contribution is -2.28. The number of aromatic nitrogens is 1. The molecule has 1 fully saturated rings. The van der Waals surface area contributed by atoms with E-state index < -0.39 is 14.6 Å². The molecule has 1 aliphatic rings. The fraction of sp³-hybridized carbons (Fsp3) is 0.727. The molecule has 5 heteroatoms. The van der Waals surface area contributed by atoms with Crippen LogP contribution in [0.15, 0.2) is 5.38 Å². The van der Waals surface area contributed by atoms with Crippen LogP contribution in [0.4, 0.5) is 0 Å². The van der Waals surface area contributed by atoms with Gasteiger partial charge < -0.3 is 0 Å². The standard InChI is InChI=1S/C11H17NO2S2/c1-10(2,16(4,13)14)9-12-8(7-15-9)11(3)5-6-11/h7H,5-6H2,1-4H3. The highest BCUT2D eigenvalue weighted by Crippen LogP contribution is 2.48. The van der Waals surface area contributed by atoms with E-state index in [0.717, 1.165) is 18.5 Å². The van der Waals surface area contributed by atoms with Gasteiger partial charge in [-0.05, 0) is 26.7 Å². The molecule has 1 aromatic heterocycles. The quantitative estimate of drug-likeness (QED) is 0.838. The van der Waals surface area contributed by atoms with Gasteiger partial charge in [-0.25, -0.2) is 13.4 Å². The molecule has 90 valence electrons. The average molecular weight is 259 g/mol. The van der Waals surface area contributed by atoms with Gasteiger partial charge in [-0.15, -0.1) is 11.3 Å². The fourth-order valence-electron chi connectivity index (χ4n) is 1.43. The molecule has 0 saturated heterocycles. The topological polar surface area (TPSA) is 47.0 Å². The van der Waals surface area contributed by atoms with Gasteiger partial charge in [-0.2, -0.15) is 0 Å². The van der Waals surface area contributed by atoms with Gasteiger partial charge in [-0.1, -0.05) is 6.92 Å². The molecule has 0 radical (unpaired) electrons. The Hall–Kier alpha value is -0.420. The van der Waals surface area contributed by atoms with E-state index in [2.05, 4.69) is 11.9 Å². The van der Waals surface area contributed by atoms with Crippen molar-refractivity contribution in [1.29, 1.82) is 0 Å². The summed E-state index contributed by atoms with van der Waals surface area (Å²) in [5, 5.41) is 2.72. The van der Waals surface area contributed by atoms with E-state index in [-0.39, 0.29) is 5.41 Å². The number of sulfone groups is 1. The van der Waals surface area contributed by atoms with Crippen molar-refractivity contribution in [3.8, 4) is 0 Å². The summed E-state index contributed by atoms with van der Waals surface area (Å²) in [6, 6.07) is 0. The van der Waals surface area contributed by atoms with E-state index in [1.54, 1.807) is 13.8 Å². The van der Waals surface area contributed by atoms with Gasteiger partial charge in [0.05, 0.1) is 5.69 Å². The Morgan fingerprint density at radius 2 is 2.00 bits per heavy atom. The van der Waals surface area contributed by atoms with Crippen LogP contribution in [0.1, 0.15) is 44.3 Å². The molecule has 0 N–H and O–H groups in total. The first kappa shape index (κ1) is 12.0. The van der Waals surface area contributed by atoms with E-state index in [0.29, 0.717) is 5.01 Å². The van der Waals surface area contributed by atoms with Gasteiger partial charge in [0.25, 0.3) is 0 Å². The summed E-state index contributed by atoms with van der Waals surface area (Å²) in [5.74, 6) is 0. The fourth-order valence-corrected chi connectivity index (χ4v) is 3.39. The van der Waals surface area contributed by atoms with Crippen LogP contribution in [-0.4, -0.2) is 19.7 Å². The second-order valence-electron chi connectivity index (χ2n) is 5.38. The minimum atomic E-state index is -3.12. The zero-order chi connectivity index (χ0) is 12.2. The van der Waals surface area contributed by atoms with Crippen LogP contribution < -0.4 is 0 Å². The van der Waals surface area contributed by atoms with Gasteiger partial charge in [0.15, 0.2) is 9.84 Å². The highest BCUT2D eigenvalue weighted by Gasteiger charge is 2.43. The zero-order valence-corrected chi connectivity index (χ0v) is 11.7. The Balaban J connectivity index is 2.39. The number of nitrogens with zero attached hydrogens (tertiary/aromatic N) is 1. The SMILES string of the molecule is CC1(c2csc(C(C)(C)S(C)(=O)=O)n2)CC1. The van der Waals surface area contributed by atoms with E-state index in [9.17, 15) is 8.42 Å². The molecule has 0 bridgehead atoms. The van der Waals surface area contributed by atoms with Crippen LogP contribution >= 0.6 is 11.3 Å². The minimum absolute atomic E-state index is 0.211. The molecule has 16 heavy (non-hydrogen) atoms. The molecular weight excluding hydrogens is 242 g/mol. The molecule has 1 heterocycles. The normalized spacial score (nSPS) is 19.8. The first-order valence-electron chi connectivity index (χ1n) is 5.33. The number of hydrogen-bond acceptors (Lipinski definition) is 4. The van der Waals surface area contributed by atoms with Gasteiger partial charge >= 0.3 is 0 Å². The zero-order valence-electron chi connectivity index (χ0n) is 10.1. The summed E-state index contributed by atoms with van der Waals surface area (Å²) in [5.41, 5.74) is 1.27. The largest absolute Gasteiger partial charge is 0.244 e. The van der Waals surface area contributed by atoms with Crippen molar-refractivity contribution in [1.82, 2.24) is 4.98 Å². The molecule has 0 amide bonds. The monoisotopic (exact) mass is 259 g/mol. The average Bonchev–Trinajstić information content (AvgIpc) is 2.71. The molecule has 3 nitrogen and oxygen atoms in total. The molecule has 1 saturated carbocycles. The summed E-state index contributed by atoms with van der Waals surface area (Å²) in [4.78, 5) is 4.52. The highest BCUT2D eigenvalue weighted by molar-refractivity contribution is 7.91. The van der Waals surface area contributed by atoms with Crippen LogP contribution in [0.25, 0.3) is 0 Å². The molecule has 0 aromatic carbocycles. The van der Waals surface area contributed by atoms with Crippen LogP contribution in [0.3, 0.4) is 0 Å². The molecule has 0 unspecified atom stereocenters.